The van der Waals surface area contributed by atoms with E-state index in [1.807, 2.05) is 13.8 Å². The third-order valence-corrected chi connectivity index (χ3v) is 9.81. The van der Waals surface area contributed by atoms with Crippen LogP contribution in [0.3, 0.4) is 0 Å². The number of likely N-dealkylation sites (N-methyl/N-ethyl adjacent to an activating group) is 1. The molecule has 14 nitrogen and oxygen atoms in total. The molecule has 2 rings (SSSR count). The Kier molecular flexibility index (Phi) is 19.8. The highest BCUT2D eigenvalue weighted by Gasteiger charge is 2.39. The fraction of sp³-hybridized carbons (Fsp3) is 0.861. The second-order valence-electron chi connectivity index (χ2n) is 14.5. The van der Waals surface area contributed by atoms with Crippen LogP contribution >= 0.6 is 0 Å². The summed E-state index contributed by atoms with van der Waals surface area (Å²) in [6.45, 7) is 9.86. The first kappa shape index (κ1) is 43.4. The SMILES string of the molecule is CCCCCC[C@H]1O[C@@H](C)NC(=O)[C@H](COCCCN)NC(=O)[C@H](CN)NC(=O)[C@H](C2CCCCC2)NC(=O)[C@H](CC(C)C)N(C)C(=O)[C@@H]1C. The molecule has 0 aromatic carbocycles. The molecule has 0 radical (unpaired) electrons. The number of hydrogen-bond donors (Lipinski definition) is 6. The number of carbonyl (C=O) groups is 5. The van der Waals surface area contributed by atoms with Crippen LogP contribution in [-0.2, 0) is 33.4 Å². The number of rotatable bonds is 14. The van der Waals surface area contributed by atoms with Gasteiger partial charge < -0.3 is 47.1 Å². The van der Waals surface area contributed by atoms with E-state index in [0.29, 0.717) is 25.8 Å². The van der Waals surface area contributed by atoms with Gasteiger partial charge >= 0.3 is 0 Å². The highest BCUT2D eigenvalue weighted by Crippen LogP contribution is 2.28. The second-order valence-corrected chi connectivity index (χ2v) is 14.5. The van der Waals surface area contributed by atoms with E-state index < -0.39 is 66.0 Å². The van der Waals surface area contributed by atoms with E-state index in [1.54, 1.807) is 20.9 Å². The Morgan fingerprint density at radius 1 is 0.840 bits per heavy atom. The summed E-state index contributed by atoms with van der Waals surface area (Å²) >= 11 is 0. The summed E-state index contributed by atoms with van der Waals surface area (Å²) < 4.78 is 12.0. The average molecular weight is 710 g/mol. The Balaban J connectivity index is 2.55. The molecule has 8 N–H and O–H groups in total. The lowest BCUT2D eigenvalue weighted by molar-refractivity contribution is -0.150. The van der Waals surface area contributed by atoms with Gasteiger partial charge in [0.1, 0.15) is 30.4 Å². The van der Waals surface area contributed by atoms with Gasteiger partial charge in [-0.1, -0.05) is 72.6 Å². The van der Waals surface area contributed by atoms with Crippen LogP contribution in [0.25, 0.3) is 0 Å². The highest BCUT2D eigenvalue weighted by molar-refractivity contribution is 5.96. The summed E-state index contributed by atoms with van der Waals surface area (Å²) in [5, 5.41) is 11.3. The third kappa shape index (κ3) is 14.1. The van der Waals surface area contributed by atoms with E-state index in [9.17, 15) is 24.0 Å². The first-order valence-electron chi connectivity index (χ1n) is 19.0. The third-order valence-electron chi connectivity index (χ3n) is 9.81. The summed E-state index contributed by atoms with van der Waals surface area (Å²) in [4.78, 5) is 70.8. The maximum absolute atomic E-state index is 14.1. The first-order valence-corrected chi connectivity index (χ1v) is 19.0. The van der Waals surface area contributed by atoms with Gasteiger partial charge in [0.25, 0.3) is 0 Å². The van der Waals surface area contributed by atoms with Crippen LogP contribution in [0, 0.1) is 17.8 Å². The summed E-state index contributed by atoms with van der Waals surface area (Å²) in [6, 6.07) is -4.08. The average Bonchev–Trinajstić information content (AvgIpc) is 3.09. The number of nitrogens with zero attached hydrogens (tertiary/aromatic N) is 1. The fourth-order valence-corrected chi connectivity index (χ4v) is 6.78. The van der Waals surface area contributed by atoms with E-state index in [0.717, 1.165) is 57.8 Å². The van der Waals surface area contributed by atoms with Crippen LogP contribution in [-0.4, -0.2) is 104 Å². The normalized spacial score (nSPS) is 28.8. The van der Waals surface area contributed by atoms with Crippen molar-refractivity contribution in [3.63, 3.8) is 0 Å². The molecule has 1 heterocycles. The van der Waals surface area contributed by atoms with E-state index in [-0.39, 0.29) is 37.5 Å². The molecule has 1 aliphatic heterocycles. The van der Waals surface area contributed by atoms with Gasteiger partial charge in [0.15, 0.2) is 0 Å². The van der Waals surface area contributed by atoms with Crippen molar-refractivity contribution in [1.29, 1.82) is 0 Å². The lowest BCUT2D eigenvalue weighted by atomic mass is 9.83. The molecule has 1 saturated heterocycles. The highest BCUT2D eigenvalue weighted by atomic mass is 16.5. The molecule has 1 aliphatic carbocycles. The van der Waals surface area contributed by atoms with Gasteiger partial charge in [-0.05, 0) is 57.4 Å². The summed E-state index contributed by atoms with van der Waals surface area (Å²) in [5.74, 6) is -3.13. The van der Waals surface area contributed by atoms with E-state index in [2.05, 4.69) is 28.2 Å². The van der Waals surface area contributed by atoms with Crippen molar-refractivity contribution < 1.29 is 33.4 Å². The van der Waals surface area contributed by atoms with Crippen molar-refractivity contribution >= 4 is 29.5 Å². The molecule has 0 aromatic heterocycles. The summed E-state index contributed by atoms with van der Waals surface area (Å²) in [7, 11) is 1.63. The molecule has 2 fully saturated rings. The molecule has 0 unspecified atom stereocenters. The first-order chi connectivity index (χ1) is 23.8. The molecule has 7 atom stereocenters. The molecule has 2 aliphatic rings. The van der Waals surface area contributed by atoms with Gasteiger partial charge in [-0.3, -0.25) is 24.0 Å². The number of nitrogens with two attached hydrogens (primary N) is 2. The molecule has 0 spiro atoms. The van der Waals surface area contributed by atoms with Crippen LogP contribution in [0.4, 0.5) is 0 Å². The zero-order valence-corrected chi connectivity index (χ0v) is 31.5. The lowest BCUT2D eigenvalue weighted by Crippen LogP contribution is -2.62. The number of unbranched alkanes of at least 4 members (excludes halogenated alkanes) is 3. The largest absolute Gasteiger partial charge is 0.379 e. The Morgan fingerprint density at radius 3 is 2.12 bits per heavy atom. The molecule has 0 bridgehead atoms. The van der Waals surface area contributed by atoms with Gasteiger partial charge in [0.05, 0.1) is 18.6 Å². The van der Waals surface area contributed by atoms with Crippen LogP contribution in [0.2, 0.25) is 0 Å². The lowest BCUT2D eigenvalue weighted by Gasteiger charge is -2.36. The molecule has 5 amide bonds. The molecule has 50 heavy (non-hydrogen) atoms. The van der Waals surface area contributed by atoms with Crippen molar-refractivity contribution in [2.24, 2.45) is 29.2 Å². The topological polar surface area (TPSA) is 207 Å². The second kappa shape index (κ2) is 22.9. The van der Waals surface area contributed by atoms with Crippen molar-refractivity contribution in [3.05, 3.63) is 0 Å². The number of hydrogen-bond acceptors (Lipinski definition) is 9. The minimum absolute atomic E-state index is 0.0741. The summed E-state index contributed by atoms with van der Waals surface area (Å²) in [5.41, 5.74) is 11.6. The van der Waals surface area contributed by atoms with Crippen LogP contribution in [0.5, 0.6) is 0 Å². The Morgan fingerprint density at radius 2 is 1.50 bits per heavy atom. The molecular weight excluding hydrogens is 642 g/mol. The predicted molar refractivity (Wildman–Crippen MR) is 192 cm³/mol. The maximum Gasteiger partial charge on any atom is 0.246 e. The van der Waals surface area contributed by atoms with Crippen molar-refractivity contribution in [3.8, 4) is 0 Å². The fourth-order valence-electron chi connectivity index (χ4n) is 6.78. The number of ether oxygens (including phenoxy) is 2. The molecule has 1 saturated carbocycles. The number of carbonyl (C=O) groups excluding carboxylic acids is 5. The molecule has 288 valence electrons. The predicted octanol–water partition coefficient (Wildman–Crippen LogP) is 1.69. The minimum atomic E-state index is -1.18. The van der Waals surface area contributed by atoms with Gasteiger partial charge in [-0.25, -0.2) is 0 Å². The summed E-state index contributed by atoms with van der Waals surface area (Å²) in [6.07, 6.45) is 8.35. The zero-order valence-electron chi connectivity index (χ0n) is 31.5. The van der Waals surface area contributed by atoms with Crippen molar-refractivity contribution in [2.45, 2.75) is 148 Å². The Labute approximate surface area is 299 Å². The Bertz CT molecular complexity index is 1070. The van der Waals surface area contributed by atoms with E-state index >= 15 is 0 Å². The van der Waals surface area contributed by atoms with E-state index in [1.165, 1.54) is 4.90 Å². The molecular formula is C36H67N7O7. The van der Waals surface area contributed by atoms with Crippen molar-refractivity contribution in [1.82, 2.24) is 26.2 Å². The monoisotopic (exact) mass is 710 g/mol. The minimum Gasteiger partial charge on any atom is -0.379 e. The molecule has 0 aromatic rings. The van der Waals surface area contributed by atoms with E-state index in [4.69, 9.17) is 20.9 Å². The van der Waals surface area contributed by atoms with Gasteiger partial charge in [-0.2, -0.15) is 0 Å². The maximum atomic E-state index is 14.1. The van der Waals surface area contributed by atoms with Gasteiger partial charge in [0, 0.05) is 20.2 Å². The van der Waals surface area contributed by atoms with Crippen LogP contribution in [0.1, 0.15) is 112 Å². The Hall–Kier alpha value is -2.81. The smallest absolute Gasteiger partial charge is 0.246 e. The van der Waals surface area contributed by atoms with Crippen LogP contribution < -0.4 is 32.7 Å². The number of nitrogens with one attached hydrogen (secondary N) is 4. The quantitative estimate of drug-likeness (QED) is 0.145. The zero-order chi connectivity index (χ0) is 37.2. The van der Waals surface area contributed by atoms with Gasteiger partial charge in [-0.15, -0.1) is 0 Å². The standard InChI is InChI=1S/C36H67N7O7/c1-7-8-9-13-17-30-24(4)36(48)43(6)29(20-23(2)3)34(46)42-31(26-15-11-10-12-16-26)35(47)40-27(21-38)32(44)41-28(22-49-19-14-18-37)33(45)39-25(5)50-30/h23-31H,7-22,37-38H2,1-6H3,(H,39,45)(H,40,47)(H,41,44)(H,42,46)/t24-,25+,27+,28+,29+,30-,31+/m1/s1. The van der Waals surface area contributed by atoms with Crippen molar-refractivity contribution in [2.75, 3.05) is 33.4 Å². The van der Waals surface area contributed by atoms with Gasteiger partial charge in [0.2, 0.25) is 29.5 Å². The number of amides is 5. The molecule has 14 heteroatoms. The van der Waals surface area contributed by atoms with Crippen LogP contribution in [0.15, 0.2) is 0 Å².